The van der Waals surface area contributed by atoms with Crippen molar-refractivity contribution in [3.05, 3.63) is 35.4 Å². The highest BCUT2D eigenvalue weighted by molar-refractivity contribution is 7.92. The summed E-state index contributed by atoms with van der Waals surface area (Å²) in [5.41, 5.74) is 7.74. The van der Waals surface area contributed by atoms with E-state index in [0.29, 0.717) is 6.54 Å². The quantitative estimate of drug-likeness (QED) is 0.766. The predicted molar refractivity (Wildman–Crippen MR) is 71.5 cm³/mol. The summed E-state index contributed by atoms with van der Waals surface area (Å²) >= 11 is 4.59. The molecule has 0 saturated heterocycles. The number of hydrogen-bond donors (Lipinski definition) is 2. The topological polar surface area (TPSA) is 72.2 Å². The van der Waals surface area contributed by atoms with Gasteiger partial charge < -0.3 is 5.73 Å². The van der Waals surface area contributed by atoms with Gasteiger partial charge in [0.15, 0.2) is 0 Å². The molecule has 0 radical (unpaired) electrons. The van der Waals surface area contributed by atoms with Crippen LogP contribution in [0.3, 0.4) is 0 Å². The van der Waals surface area contributed by atoms with Gasteiger partial charge in [0.2, 0.25) is 10.0 Å². The van der Waals surface area contributed by atoms with E-state index in [2.05, 4.69) is 23.0 Å². The summed E-state index contributed by atoms with van der Waals surface area (Å²) < 4.78 is 25.6. The smallest absolute Gasteiger partial charge is 0.218 e. The second-order valence-corrected chi connectivity index (χ2v) is 6.50. The molecule has 0 saturated carbocycles. The maximum atomic E-state index is 11.5. The molecule has 1 aliphatic carbocycles. The summed E-state index contributed by atoms with van der Waals surface area (Å²) in [6.07, 6.45) is 0.922. The van der Waals surface area contributed by atoms with E-state index in [4.69, 9.17) is 5.73 Å². The standard InChI is InChI=1S/C11H14N2O2S2/c12-11(16)7-17(14,15)13-6-9-5-8-3-1-2-4-10(8)9/h1-4,9,13H,5-7H2,(H2,12,16). The molecule has 92 valence electrons. The van der Waals surface area contributed by atoms with Gasteiger partial charge in [-0.2, -0.15) is 0 Å². The van der Waals surface area contributed by atoms with E-state index in [9.17, 15) is 8.42 Å². The summed E-state index contributed by atoms with van der Waals surface area (Å²) in [5, 5.41) is 0. The Morgan fingerprint density at radius 1 is 1.47 bits per heavy atom. The average molecular weight is 270 g/mol. The minimum absolute atomic E-state index is 0.00786. The lowest BCUT2D eigenvalue weighted by molar-refractivity contribution is 0.555. The van der Waals surface area contributed by atoms with Crippen LogP contribution in [0.4, 0.5) is 0 Å². The van der Waals surface area contributed by atoms with Gasteiger partial charge in [0.1, 0.15) is 5.75 Å². The molecule has 0 aromatic heterocycles. The number of sulfonamides is 1. The van der Waals surface area contributed by atoms with E-state index in [1.54, 1.807) is 0 Å². The number of fused-ring (bicyclic) bond motifs is 1. The number of rotatable bonds is 5. The lowest BCUT2D eigenvalue weighted by Crippen LogP contribution is -2.37. The Hall–Kier alpha value is -0.980. The predicted octanol–water partition coefficient (Wildman–Crippen LogP) is 0.532. The third-order valence-electron chi connectivity index (χ3n) is 2.84. The molecule has 0 aliphatic heterocycles. The minimum atomic E-state index is -3.37. The summed E-state index contributed by atoms with van der Waals surface area (Å²) in [4.78, 5) is -0.00786. The van der Waals surface area contributed by atoms with Crippen molar-refractivity contribution in [3.63, 3.8) is 0 Å². The summed E-state index contributed by atoms with van der Waals surface area (Å²) in [7, 11) is -3.37. The molecule has 17 heavy (non-hydrogen) atoms. The molecule has 1 aliphatic rings. The molecule has 0 fully saturated rings. The molecular formula is C11H14N2O2S2. The van der Waals surface area contributed by atoms with Crippen LogP contribution in [0.15, 0.2) is 24.3 Å². The van der Waals surface area contributed by atoms with Crippen molar-refractivity contribution in [1.82, 2.24) is 4.72 Å². The maximum Gasteiger partial charge on any atom is 0.218 e. The van der Waals surface area contributed by atoms with Crippen LogP contribution in [0.5, 0.6) is 0 Å². The summed E-state index contributed by atoms with van der Waals surface area (Å²) in [6.45, 7) is 0.419. The SMILES string of the molecule is NC(=S)CS(=O)(=O)NCC1Cc2ccccc21. The second-order valence-electron chi connectivity index (χ2n) is 4.17. The van der Waals surface area contributed by atoms with Crippen molar-refractivity contribution in [3.8, 4) is 0 Å². The molecule has 2 rings (SSSR count). The molecule has 6 heteroatoms. The van der Waals surface area contributed by atoms with E-state index in [-0.39, 0.29) is 16.7 Å². The molecule has 0 bridgehead atoms. The number of benzene rings is 1. The summed E-state index contributed by atoms with van der Waals surface area (Å²) in [6, 6.07) is 8.06. The van der Waals surface area contributed by atoms with Gasteiger partial charge in [0, 0.05) is 12.5 Å². The van der Waals surface area contributed by atoms with Gasteiger partial charge in [-0.1, -0.05) is 36.5 Å². The molecular weight excluding hydrogens is 256 g/mol. The number of nitrogens with two attached hydrogens (primary N) is 1. The molecule has 1 aromatic carbocycles. The van der Waals surface area contributed by atoms with Crippen molar-refractivity contribution in [2.75, 3.05) is 12.3 Å². The van der Waals surface area contributed by atoms with Crippen LogP contribution in [-0.2, 0) is 16.4 Å². The number of thiocarbonyl (C=S) groups is 1. The minimum Gasteiger partial charge on any atom is -0.392 e. The van der Waals surface area contributed by atoms with Crippen LogP contribution in [0, 0.1) is 0 Å². The van der Waals surface area contributed by atoms with Gasteiger partial charge in [-0.25, -0.2) is 13.1 Å². The highest BCUT2D eigenvalue weighted by atomic mass is 32.2. The molecule has 1 aromatic rings. The van der Waals surface area contributed by atoms with Crippen LogP contribution in [0.2, 0.25) is 0 Å². The van der Waals surface area contributed by atoms with Crippen LogP contribution in [0.25, 0.3) is 0 Å². The Balaban J connectivity index is 1.92. The Bertz CT molecular complexity index is 540. The van der Waals surface area contributed by atoms with Gasteiger partial charge in [-0.05, 0) is 17.5 Å². The van der Waals surface area contributed by atoms with Crippen LogP contribution >= 0.6 is 12.2 Å². The van der Waals surface area contributed by atoms with Crippen molar-refractivity contribution in [2.45, 2.75) is 12.3 Å². The van der Waals surface area contributed by atoms with Gasteiger partial charge >= 0.3 is 0 Å². The Morgan fingerprint density at radius 3 is 2.82 bits per heavy atom. The molecule has 0 amide bonds. The van der Waals surface area contributed by atoms with Crippen molar-refractivity contribution in [2.24, 2.45) is 5.73 Å². The first-order chi connectivity index (χ1) is 7.98. The third-order valence-corrected chi connectivity index (χ3v) is 4.47. The molecule has 0 spiro atoms. The maximum absolute atomic E-state index is 11.5. The molecule has 4 nitrogen and oxygen atoms in total. The van der Waals surface area contributed by atoms with Crippen LogP contribution in [-0.4, -0.2) is 25.7 Å². The lowest BCUT2D eigenvalue weighted by Gasteiger charge is -2.30. The average Bonchev–Trinajstić information content (AvgIpc) is 2.17. The monoisotopic (exact) mass is 270 g/mol. The van der Waals surface area contributed by atoms with E-state index >= 15 is 0 Å². The molecule has 3 N–H and O–H groups in total. The van der Waals surface area contributed by atoms with E-state index in [0.717, 1.165) is 6.42 Å². The second kappa shape index (κ2) is 4.72. The van der Waals surface area contributed by atoms with Gasteiger partial charge in [0.25, 0.3) is 0 Å². The van der Waals surface area contributed by atoms with Crippen LogP contribution in [0.1, 0.15) is 17.0 Å². The van der Waals surface area contributed by atoms with E-state index in [1.165, 1.54) is 11.1 Å². The fourth-order valence-electron chi connectivity index (χ4n) is 2.01. The fraction of sp³-hybridized carbons (Fsp3) is 0.364. The summed E-state index contributed by atoms with van der Waals surface area (Å²) in [5.74, 6) is -0.0104. The van der Waals surface area contributed by atoms with E-state index < -0.39 is 10.0 Å². The Morgan fingerprint density at radius 2 is 2.18 bits per heavy atom. The lowest BCUT2D eigenvalue weighted by atomic mass is 9.78. The normalized spacial score (nSPS) is 18.2. The zero-order valence-corrected chi connectivity index (χ0v) is 10.9. The molecule has 0 heterocycles. The first-order valence-electron chi connectivity index (χ1n) is 5.31. The van der Waals surface area contributed by atoms with Crippen molar-refractivity contribution < 1.29 is 8.42 Å². The highest BCUT2D eigenvalue weighted by Crippen LogP contribution is 2.34. The Kier molecular flexibility index (Phi) is 3.46. The Labute approximate surface area is 106 Å². The van der Waals surface area contributed by atoms with Gasteiger partial charge in [-0.15, -0.1) is 0 Å². The van der Waals surface area contributed by atoms with Crippen molar-refractivity contribution in [1.29, 1.82) is 0 Å². The number of nitrogens with one attached hydrogen (secondary N) is 1. The zero-order valence-electron chi connectivity index (χ0n) is 9.22. The largest absolute Gasteiger partial charge is 0.392 e. The van der Waals surface area contributed by atoms with Crippen LogP contribution < -0.4 is 10.5 Å². The highest BCUT2D eigenvalue weighted by Gasteiger charge is 2.26. The van der Waals surface area contributed by atoms with E-state index in [1.807, 2.05) is 18.2 Å². The first kappa shape index (κ1) is 12.5. The number of hydrogen-bond acceptors (Lipinski definition) is 3. The zero-order chi connectivity index (χ0) is 12.5. The third kappa shape index (κ3) is 3.02. The first-order valence-corrected chi connectivity index (χ1v) is 7.37. The van der Waals surface area contributed by atoms with Gasteiger partial charge in [0.05, 0.1) is 4.99 Å². The fourth-order valence-corrected chi connectivity index (χ4v) is 3.41. The van der Waals surface area contributed by atoms with Crippen molar-refractivity contribution >= 4 is 27.2 Å². The molecule has 1 unspecified atom stereocenters. The van der Waals surface area contributed by atoms with Gasteiger partial charge in [-0.3, -0.25) is 0 Å². The molecule has 1 atom stereocenters.